The predicted molar refractivity (Wildman–Crippen MR) is 75.4 cm³/mol. The molecule has 0 saturated carbocycles. The fourth-order valence-corrected chi connectivity index (χ4v) is 2.17. The average Bonchev–Trinajstić information content (AvgIpc) is 2.40. The zero-order chi connectivity index (χ0) is 13.0. The lowest BCUT2D eigenvalue weighted by atomic mass is 10.1. The van der Waals surface area contributed by atoms with E-state index in [2.05, 4.69) is 0 Å². The number of aliphatic hydroxyl groups excluding tert-OH is 1. The Kier molecular flexibility index (Phi) is 4.28. The highest BCUT2D eigenvalue weighted by Crippen LogP contribution is 2.31. The van der Waals surface area contributed by atoms with Crippen molar-refractivity contribution in [2.24, 2.45) is 0 Å². The Morgan fingerprint density at radius 1 is 1.06 bits per heavy atom. The van der Waals surface area contributed by atoms with Gasteiger partial charge in [0.15, 0.2) is 0 Å². The normalized spacial score (nSPS) is 12.2. The highest BCUT2D eigenvalue weighted by molar-refractivity contribution is 7.98. The van der Waals surface area contributed by atoms with Crippen molar-refractivity contribution in [1.82, 2.24) is 0 Å². The molecule has 1 atom stereocenters. The minimum atomic E-state index is -0.447. The van der Waals surface area contributed by atoms with Crippen LogP contribution in [0.25, 0.3) is 0 Å². The first-order chi connectivity index (χ1) is 8.70. The Labute approximate surface area is 112 Å². The summed E-state index contributed by atoms with van der Waals surface area (Å²) < 4.78 is 5.83. The number of benzene rings is 2. The first-order valence-electron chi connectivity index (χ1n) is 5.79. The van der Waals surface area contributed by atoms with Gasteiger partial charge in [-0.2, -0.15) is 0 Å². The third-order valence-corrected chi connectivity index (χ3v) is 3.44. The van der Waals surface area contributed by atoms with Crippen LogP contribution in [0.4, 0.5) is 0 Å². The highest BCUT2D eigenvalue weighted by Gasteiger charge is 2.04. The molecule has 0 aromatic heterocycles. The third-order valence-electron chi connectivity index (χ3n) is 2.66. The van der Waals surface area contributed by atoms with E-state index in [4.69, 9.17) is 4.74 Å². The molecule has 3 heteroatoms. The van der Waals surface area contributed by atoms with Crippen LogP contribution in [-0.4, -0.2) is 11.4 Å². The maximum absolute atomic E-state index is 9.44. The van der Waals surface area contributed by atoms with Crippen LogP contribution in [-0.2, 0) is 0 Å². The Hall–Kier alpha value is -1.45. The van der Waals surface area contributed by atoms with Gasteiger partial charge in [-0.05, 0) is 43.0 Å². The van der Waals surface area contributed by atoms with Crippen molar-refractivity contribution in [3.8, 4) is 11.5 Å². The Balaban J connectivity index is 2.18. The SMILES string of the molecule is CSc1ccccc1Oc1ccc([C@H](C)O)cc1. The lowest BCUT2D eigenvalue weighted by molar-refractivity contribution is 0.199. The van der Waals surface area contributed by atoms with E-state index >= 15 is 0 Å². The third kappa shape index (κ3) is 3.06. The lowest BCUT2D eigenvalue weighted by Gasteiger charge is -2.10. The molecule has 1 N–H and O–H groups in total. The van der Waals surface area contributed by atoms with Crippen LogP contribution < -0.4 is 4.74 Å². The number of thioether (sulfide) groups is 1. The summed E-state index contributed by atoms with van der Waals surface area (Å²) in [6.07, 6.45) is 1.58. The molecule has 0 bridgehead atoms. The zero-order valence-corrected chi connectivity index (χ0v) is 11.3. The fraction of sp³-hybridized carbons (Fsp3) is 0.200. The van der Waals surface area contributed by atoms with Gasteiger partial charge in [-0.15, -0.1) is 11.8 Å². The summed E-state index contributed by atoms with van der Waals surface area (Å²) in [5.41, 5.74) is 0.889. The van der Waals surface area contributed by atoms with E-state index in [1.165, 1.54) is 0 Å². The molecule has 0 aliphatic rings. The van der Waals surface area contributed by atoms with E-state index in [1.807, 2.05) is 54.8 Å². The van der Waals surface area contributed by atoms with Crippen molar-refractivity contribution in [2.75, 3.05) is 6.26 Å². The Bertz CT molecular complexity index is 506. The van der Waals surface area contributed by atoms with E-state index in [0.717, 1.165) is 22.0 Å². The molecule has 0 radical (unpaired) electrons. The number of rotatable bonds is 4. The van der Waals surface area contributed by atoms with Gasteiger partial charge in [0, 0.05) is 4.90 Å². The summed E-state index contributed by atoms with van der Waals surface area (Å²) >= 11 is 1.66. The minimum absolute atomic E-state index is 0.447. The van der Waals surface area contributed by atoms with E-state index in [9.17, 15) is 5.11 Å². The molecule has 2 aromatic carbocycles. The fourth-order valence-electron chi connectivity index (χ4n) is 1.64. The van der Waals surface area contributed by atoms with E-state index in [-0.39, 0.29) is 0 Å². The number of para-hydroxylation sites is 1. The van der Waals surface area contributed by atoms with Crippen LogP contribution in [0.5, 0.6) is 11.5 Å². The quantitative estimate of drug-likeness (QED) is 0.833. The van der Waals surface area contributed by atoms with Crippen LogP contribution in [0.1, 0.15) is 18.6 Å². The summed E-state index contributed by atoms with van der Waals surface area (Å²) in [5, 5.41) is 9.44. The average molecular weight is 260 g/mol. The molecule has 0 amide bonds. The van der Waals surface area contributed by atoms with E-state index < -0.39 is 6.10 Å². The second-order valence-electron chi connectivity index (χ2n) is 4.00. The number of aliphatic hydroxyl groups is 1. The lowest BCUT2D eigenvalue weighted by Crippen LogP contribution is -1.91. The maximum atomic E-state index is 9.44. The van der Waals surface area contributed by atoms with Crippen molar-refractivity contribution >= 4 is 11.8 Å². The van der Waals surface area contributed by atoms with Crippen LogP contribution in [0, 0.1) is 0 Å². The smallest absolute Gasteiger partial charge is 0.140 e. The van der Waals surface area contributed by atoms with Gasteiger partial charge < -0.3 is 9.84 Å². The first kappa shape index (κ1) is 13.0. The van der Waals surface area contributed by atoms with Gasteiger partial charge in [0.1, 0.15) is 11.5 Å². The van der Waals surface area contributed by atoms with Gasteiger partial charge in [-0.25, -0.2) is 0 Å². The standard InChI is InChI=1S/C15H16O2S/c1-11(16)12-7-9-13(10-8-12)17-14-5-3-4-6-15(14)18-2/h3-11,16H,1-2H3/t11-/m0/s1. The molecule has 0 unspecified atom stereocenters. The molecule has 0 saturated heterocycles. The van der Waals surface area contributed by atoms with Gasteiger partial charge in [0.25, 0.3) is 0 Å². The molecule has 2 rings (SSSR count). The van der Waals surface area contributed by atoms with E-state index in [0.29, 0.717) is 0 Å². The summed E-state index contributed by atoms with van der Waals surface area (Å²) in [6, 6.07) is 15.4. The van der Waals surface area contributed by atoms with Gasteiger partial charge in [0.2, 0.25) is 0 Å². The summed E-state index contributed by atoms with van der Waals surface area (Å²) in [5.74, 6) is 1.63. The van der Waals surface area contributed by atoms with Crippen molar-refractivity contribution < 1.29 is 9.84 Å². The highest BCUT2D eigenvalue weighted by atomic mass is 32.2. The van der Waals surface area contributed by atoms with Crippen LogP contribution in [0.2, 0.25) is 0 Å². The molecule has 0 heterocycles. The van der Waals surface area contributed by atoms with Crippen molar-refractivity contribution in [2.45, 2.75) is 17.9 Å². The molecule has 0 fully saturated rings. The molecule has 0 aliphatic carbocycles. The molecule has 0 aliphatic heterocycles. The predicted octanol–water partition coefficient (Wildman–Crippen LogP) is 4.25. The second kappa shape index (κ2) is 5.94. The maximum Gasteiger partial charge on any atom is 0.140 e. The van der Waals surface area contributed by atoms with E-state index in [1.54, 1.807) is 18.7 Å². The topological polar surface area (TPSA) is 29.5 Å². The second-order valence-corrected chi connectivity index (χ2v) is 4.85. The monoisotopic (exact) mass is 260 g/mol. The van der Waals surface area contributed by atoms with Gasteiger partial charge in [-0.3, -0.25) is 0 Å². The van der Waals surface area contributed by atoms with Crippen LogP contribution >= 0.6 is 11.8 Å². The largest absolute Gasteiger partial charge is 0.456 e. The molecule has 94 valence electrons. The summed E-state index contributed by atoms with van der Waals surface area (Å²) in [7, 11) is 0. The first-order valence-corrected chi connectivity index (χ1v) is 7.02. The molecule has 2 nitrogen and oxygen atoms in total. The minimum Gasteiger partial charge on any atom is -0.456 e. The van der Waals surface area contributed by atoms with Crippen LogP contribution in [0.3, 0.4) is 0 Å². The molecule has 2 aromatic rings. The van der Waals surface area contributed by atoms with Crippen molar-refractivity contribution in [3.05, 3.63) is 54.1 Å². The number of hydrogen-bond acceptors (Lipinski definition) is 3. The van der Waals surface area contributed by atoms with Gasteiger partial charge >= 0.3 is 0 Å². The molecular weight excluding hydrogens is 244 g/mol. The number of ether oxygens (including phenoxy) is 1. The number of hydrogen-bond donors (Lipinski definition) is 1. The van der Waals surface area contributed by atoms with Gasteiger partial charge in [0.05, 0.1) is 6.10 Å². The summed E-state index contributed by atoms with van der Waals surface area (Å²) in [4.78, 5) is 1.11. The van der Waals surface area contributed by atoms with Gasteiger partial charge in [-0.1, -0.05) is 24.3 Å². The van der Waals surface area contributed by atoms with Crippen molar-refractivity contribution in [3.63, 3.8) is 0 Å². The molecular formula is C15H16O2S. The summed E-state index contributed by atoms with van der Waals surface area (Å²) in [6.45, 7) is 1.75. The Morgan fingerprint density at radius 3 is 2.33 bits per heavy atom. The Morgan fingerprint density at radius 2 is 1.72 bits per heavy atom. The van der Waals surface area contributed by atoms with Crippen molar-refractivity contribution in [1.29, 1.82) is 0 Å². The van der Waals surface area contributed by atoms with Crippen LogP contribution in [0.15, 0.2) is 53.4 Å². The molecule has 18 heavy (non-hydrogen) atoms. The zero-order valence-electron chi connectivity index (χ0n) is 10.5. The molecule has 0 spiro atoms.